The molecule has 0 amide bonds. The van der Waals surface area contributed by atoms with E-state index in [1.54, 1.807) is 24.3 Å². The second kappa shape index (κ2) is 4.01. The van der Waals surface area contributed by atoms with E-state index in [0.717, 1.165) is 11.4 Å². The van der Waals surface area contributed by atoms with Gasteiger partial charge < -0.3 is 10.4 Å². The summed E-state index contributed by atoms with van der Waals surface area (Å²) in [5.74, 6) is -0.931. The fourth-order valence-corrected chi connectivity index (χ4v) is 1.70. The lowest BCUT2D eigenvalue weighted by Gasteiger charge is -2.20. The van der Waals surface area contributed by atoms with Crippen molar-refractivity contribution in [1.82, 2.24) is 0 Å². The van der Waals surface area contributed by atoms with Crippen LogP contribution in [0.2, 0.25) is 0 Å². The molecule has 5 heteroatoms. The van der Waals surface area contributed by atoms with E-state index in [-0.39, 0.29) is 5.56 Å². The predicted molar refractivity (Wildman–Crippen MR) is 64.0 cm³/mol. The third kappa shape index (κ3) is 2.50. The lowest BCUT2D eigenvalue weighted by Crippen LogP contribution is -2.27. The number of carbonyl (C=O) groups is 1. The van der Waals surface area contributed by atoms with E-state index in [2.05, 4.69) is 15.5 Å². The van der Waals surface area contributed by atoms with Crippen LogP contribution in [0.4, 0.5) is 5.69 Å². The summed E-state index contributed by atoms with van der Waals surface area (Å²) in [5.41, 5.74) is 1.39. The smallest absolute Gasteiger partial charge is 0.335 e. The number of nitrogens with one attached hydrogen (secondary N) is 1. The van der Waals surface area contributed by atoms with Gasteiger partial charge in [0.15, 0.2) is 5.66 Å². The van der Waals surface area contributed by atoms with Gasteiger partial charge in [-0.15, -0.1) is 0 Å². The Bertz CT molecular complexity index is 505. The van der Waals surface area contributed by atoms with E-state index in [0.29, 0.717) is 0 Å². The molecule has 0 fully saturated rings. The van der Waals surface area contributed by atoms with Crippen LogP contribution in [-0.4, -0.2) is 16.7 Å². The number of anilines is 1. The van der Waals surface area contributed by atoms with Crippen molar-refractivity contribution >= 4 is 11.7 Å². The number of hydrogen-bond acceptors (Lipinski definition) is 4. The Morgan fingerprint density at radius 2 is 2.00 bits per heavy atom. The normalized spacial score (nSPS) is 22.4. The van der Waals surface area contributed by atoms with Crippen molar-refractivity contribution in [2.45, 2.75) is 19.5 Å². The third-order valence-corrected chi connectivity index (χ3v) is 2.43. The highest BCUT2D eigenvalue weighted by molar-refractivity contribution is 5.88. The Morgan fingerprint density at radius 3 is 2.47 bits per heavy atom. The Kier molecular flexibility index (Phi) is 2.67. The summed E-state index contributed by atoms with van der Waals surface area (Å²) in [5, 5.41) is 20.0. The fourth-order valence-electron chi connectivity index (χ4n) is 1.70. The molecule has 5 nitrogen and oxygen atoms in total. The van der Waals surface area contributed by atoms with Gasteiger partial charge in [-0.2, -0.15) is 10.2 Å². The molecule has 1 aliphatic rings. The molecule has 0 bridgehead atoms. The first-order valence-corrected chi connectivity index (χ1v) is 5.22. The number of benzene rings is 1. The maximum Gasteiger partial charge on any atom is 0.335 e. The van der Waals surface area contributed by atoms with Crippen molar-refractivity contribution in [2.24, 2.45) is 10.2 Å². The van der Waals surface area contributed by atoms with E-state index in [9.17, 15) is 4.79 Å². The van der Waals surface area contributed by atoms with Crippen LogP contribution in [-0.2, 0) is 0 Å². The number of aromatic carboxylic acids is 1. The van der Waals surface area contributed by atoms with E-state index in [1.165, 1.54) is 0 Å². The average Bonchev–Trinajstić information content (AvgIpc) is 2.59. The Hall–Kier alpha value is -2.17. The van der Waals surface area contributed by atoms with Gasteiger partial charge in [0.2, 0.25) is 0 Å². The molecule has 1 aromatic rings. The van der Waals surface area contributed by atoms with Gasteiger partial charge in [0.1, 0.15) is 0 Å². The van der Waals surface area contributed by atoms with Crippen molar-refractivity contribution in [3.05, 3.63) is 41.6 Å². The maximum atomic E-state index is 10.7. The van der Waals surface area contributed by atoms with E-state index >= 15 is 0 Å². The Labute approximate surface area is 98.9 Å². The van der Waals surface area contributed by atoms with Gasteiger partial charge in [-0.1, -0.05) is 0 Å². The number of hydrogen-bond donors (Lipinski definition) is 2. The zero-order valence-corrected chi connectivity index (χ0v) is 9.64. The molecule has 0 aliphatic carbocycles. The molecule has 0 aromatic heterocycles. The van der Waals surface area contributed by atoms with Crippen LogP contribution in [0.25, 0.3) is 0 Å². The van der Waals surface area contributed by atoms with E-state index in [4.69, 9.17) is 5.11 Å². The van der Waals surface area contributed by atoms with Crippen LogP contribution in [0.5, 0.6) is 0 Å². The third-order valence-electron chi connectivity index (χ3n) is 2.43. The molecular formula is C12H13N3O2. The molecule has 2 rings (SSSR count). The largest absolute Gasteiger partial charge is 0.478 e. The summed E-state index contributed by atoms with van der Waals surface area (Å²) < 4.78 is 0. The molecule has 1 aromatic carbocycles. The molecule has 17 heavy (non-hydrogen) atoms. The summed E-state index contributed by atoms with van der Waals surface area (Å²) in [6, 6.07) is 6.53. The van der Waals surface area contributed by atoms with Crippen LogP contribution in [0.15, 0.2) is 46.3 Å². The number of rotatable bonds is 3. The van der Waals surface area contributed by atoms with Gasteiger partial charge >= 0.3 is 5.97 Å². The molecule has 1 atom stereocenters. The minimum absolute atomic E-state index is 0.264. The van der Waals surface area contributed by atoms with Crippen molar-refractivity contribution in [3.8, 4) is 0 Å². The van der Waals surface area contributed by atoms with Crippen LogP contribution >= 0.6 is 0 Å². The van der Waals surface area contributed by atoms with Crippen molar-refractivity contribution in [2.75, 3.05) is 5.32 Å². The van der Waals surface area contributed by atoms with Crippen LogP contribution < -0.4 is 5.32 Å². The van der Waals surface area contributed by atoms with Gasteiger partial charge in [0.05, 0.1) is 11.3 Å². The summed E-state index contributed by atoms with van der Waals surface area (Å²) in [6.07, 6.45) is 1.91. The highest BCUT2D eigenvalue weighted by atomic mass is 16.4. The van der Waals surface area contributed by atoms with Gasteiger partial charge in [0.25, 0.3) is 0 Å². The van der Waals surface area contributed by atoms with Crippen molar-refractivity contribution in [1.29, 1.82) is 0 Å². The maximum absolute atomic E-state index is 10.7. The first-order valence-electron chi connectivity index (χ1n) is 5.22. The Morgan fingerprint density at radius 1 is 1.35 bits per heavy atom. The summed E-state index contributed by atoms with van der Waals surface area (Å²) in [6.45, 7) is 3.78. The first kappa shape index (κ1) is 11.3. The molecule has 88 valence electrons. The molecule has 2 N–H and O–H groups in total. The number of carboxylic acid groups (broad SMARTS) is 1. The molecule has 1 unspecified atom stereocenters. The van der Waals surface area contributed by atoms with Gasteiger partial charge in [-0.25, -0.2) is 4.79 Å². The number of nitrogens with zero attached hydrogens (tertiary/aromatic N) is 2. The number of azo groups is 1. The first-order chi connectivity index (χ1) is 7.98. The SMILES string of the molecule is CC1=CC(C)(Nc2ccc(C(=O)O)cc2)N=N1. The van der Waals surface area contributed by atoms with Gasteiger partial charge in [-0.05, 0) is 44.2 Å². The fraction of sp³-hybridized carbons (Fsp3) is 0.250. The molecule has 0 spiro atoms. The average molecular weight is 231 g/mol. The minimum atomic E-state index is -0.931. The summed E-state index contributed by atoms with van der Waals surface area (Å²) in [4.78, 5) is 10.7. The lowest BCUT2D eigenvalue weighted by atomic mass is 10.1. The van der Waals surface area contributed by atoms with E-state index < -0.39 is 11.6 Å². The molecule has 0 saturated heterocycles. The van der Waals surface area contributed by atoms with Crippen LogP contribution in [0.1, 0.15) is 24.2 Å². The van der Waals surface area contributed by atoms with Gasteiger partial charge in [0, 0.05) is 5.69 Å². The molecule has 0 saturated carbocycles. The molecule has 1 heterocycles. The standard InChI is InChI=1S/C12H13N3O2/c1-8-7-12(2,15-14-8)13-10-5-3-9(4-6-10)11(16)17/h3-7,13H,1-2H3,(H,16,17). The summed E-state index contributed by atoms with van der Waals surface area (Å²) >= 11 is 0. The van der Waals surface area contributed by atoms with Crippen molar-refractivity contribution < 1.29 is 9.90 Å². The number of allylic oxidation sites excluding steroid dienone is 1. The van der Waals surface area contributed by atoms with Crippen molar-refractivity contribution in [3.63, 3.8) is 0 Å². The monoisotopic (exact) mass is 231 g/mol. The van der Waals surface area contributed by atoms with E-state index in [1.807, 2.05) is 19.9 Å². The minimum Gasteiger partial charge on any atom is -0.478 e. The highest BCUT2D eigenvalue weighted by Gasteiger charge is 2.24. The highest BCUT2D eigenvalue weighted by Crippen LogP contribution is 2.25. The zero-order chi connectivity index (χ0) is 12.5. The quantitative estimate of drug-likeness (QED) is 0.839. The molecule has 0 radical (unpaired) electrons. The van der Waals surface area contributed by atoms with Gasteiger partial charge in [-0.3, -0.25) is 0 Å². The number of carboxylic acids is 1. The Balaban J connectivity index is 2.15. The second-order valence-electron chi connectivity index (χ2n) is 4.14. The molecule has 1 aliphatic heterocycles. The van der Waals surface area contributed by atoms with Crippen LogP contribution in [0.3, 0.4) is 0 Å². The second-order valence-corrected chi connectivity index (χ2v) is 4.14. The summed E-state index contributed by atoms with van der Waals surface area (Å²) in [7, 11) is 0. The zero-order valence-electron chi connectivity index (χ0n) is 9.64. The molecular weight excluding hydrogens is 218 g/mol. The van der Waals surface area contributed by atoms with Crippen LogP contribution in [0, 0.1) is 0 Å². The topological polar surface area (TPSA) is 74.0 Å². The lowest BCUT2D eigenvalue weighted by molar-refractivity contribution is 0.0697. The predicted octanol–water partition coefficient (Wildman–Crippen LogP) is 2.88.